The van der Waals surface area contributed by atoms with Crippen LogP contribution in [0.2, 0.25) is 5.15 Å². The highest BCUT2D eigenvalue weighted by molar-refractivity contribution is 7.11. The van der Waals surface area contributed by atoms with E-state index in [0.717, 1.165) is 36.5 Å². The van der Waals surface area contributed by atoms with Crippen molar-refractivity contribution >= 4 is 28.8 Å². The van der Waals surface area contributed by atoms with E-state index in [1.54, 1.807) is 0 Å². The van der Waals surface area contributed by atoms with Gasteiger partial charge in [0.25, 0.3) is 0 Å². The number of rotatable bonds is 6. The molecule has 0 saturated heterocycles. The fourth-order valence-electron chi connectivity index (χ4n) is 2.19. The van der Waals surface area contributed by atoms with Gasteiger partial charge in [-0.05, 0) is 39.3 Å². The largest absolute Gasteiger partial charge is 0.367 e. The van der Waals surface area contributed by atoms with Gasteiger partial charge < -0.3 is 5.32 Å². The molecule has 2 rings (SSSR count). The van der Waals surface area contributed by atoms with Gasteiger partial charge in [-0.2, -0.15) is 0 Å². The molecule has 2 aromatic rings. The van der Waals surface area contributed by atoms with Crippen LogP contribution in [0.15, 0.2) is 12.1 Å². The Morgan fingerprint density at radius 3 is 2.67 bits per heavy atom. The predicted molar refractivity (Wildman–Crippen MR) is 91.6 cm³/mol. The maximum atomic E-state index is 6.21. The Balaban J connectivity index is 2.10. The van der Waals surface area contributed by atoms with Crippen LogP contribution < -0.4 is 5.32 Å². The maximum Gasteiger partial charge on any atom is 0.137 e. The van der Waals surface area contributed by atoms with E-state index in [1.165, 1.54) is 9.75 Å². The van der Waals surface area contributed by atoms with Gasteiger partial charge >= 0.3 is 0 Å². The Morgan fingerprint density at radius 2 is 2.05 bits per heavy atom. The summed E-state index contributed by atoms with van der Waals surface area (Å²) in [5.74, 6) is 1.67. The molecule has 0 aliphatic heterocycles. The maximum absolute atomic E-state index is 6.21. The van der Waals surface area contributed by atoms with Gasteiger partial charge in [0, 0.05) is 34.2 Å². The van der Waals surface area contributed by atoms with Crippen molar-refractivity contribution in [2.45, 2.75) is 53.0 Å². The zero-order valence-corrected chi connectivity index (χ0v) is 14.6. The van der Waals surface area contributed by atoms with Gasteiger partial charge in [0.1, 0.15) is 16.8 Å². The number of thiophene rings is 1. The summed E-state index contributed by atoms with van der Waals surface area (Å²) in [7, 11) is 0. The van der Waals surface area contributed by atoms with Crippen molar-refractivity contribution in [2.24, 2.45) is 0 Å². The summed E-state index contributed by atoms with van der Waals surface area (Å²) >= 11 is 8.06. The first-order valence-corrected chi connectivity index (χ1v) is 8.54. The molecule has 114 valence electrons. The van der Waals surface area contributed by atoms with Crippen LogP contribution in [0.4, 0.5) is 5.82 Å². The normalized spacial score (nSPS) is 12.4. The molecule has 1 unspecified atom stereocenters. The highest BCUT2D eigenvalue weighted by atomic mass is 35.5. The Kier molecular flexibility index (Phi) is 5.59. The number of hydrogen-bond donors (Lipinski definition) is 1. The molecule has 0 radical (unpaired) electrons. The number of nitrogens with zero attached hydrogens (tertiary/aromatic N) is 2. The predicted octanol–water partition coefficient (Wildman–Crippen LogP) is 4.80. The molecule has 0 aromatic carbocycles. The van der Waals surface area contributed by atoms with E-state index in [0.29, 0.717) is 11.2 Å². The summed E-state index contributed by atoms with van der Waals surface area (Å²) in [6.45, 7) is 8.38. The van der Waals surface area contributed by atoms with Gasteiger partial charge in [-0.1, -0.05) is 18.5 Å². The average Bonchev–Trinajstić information content (AvgIpc) is 2.81. The molecule has 21 heavy (non-hydrogen) atoms. The third kappa shape index (κ3) is 4.42. The van der Waals surface area contributed by atoms with Gasteiger partial charge in [-0.3, -0.25) is 0 Å². The summed E-state index contributed by atoms with van der Waals surface area (Å²) < 4.78 is 0. The van der Waals surface area contributed by atoms with Crippen LogP contribution in [-0.2, 0) is 12.8 Å². The van der Waals surface area contributed by atoms with E-state index in [2.05, 4.69) is 48.2 Å². The number of aryl methyl sites for hydroxylation is 2. The Labute approximate surface area is 135 Å². The smallest absolute Gasteiger partial charge is 0.137 e. The Hall–Kier alpha value is -1.13. The lowest BCUT2D eigenvalue weighted by molar-refractivity contribution is 0.778. The van der Waals surface area contributed by atoms with Gasteiger partial charge in [0.05, 0.1) is 0 Å². The lowest BCUT2D eigenvalue weighted by Crippen LogP contribution is -2.20. The SMILES string of the molecule is CCCc1nc(Cl)c(C)c(NC(C)Cc2ccc(C)s2)n1. The minimum absolute atomic E-state index is 0.308. The highest BCUT2D eigenvalue weighted by Crippen LogP contribution is 2.23. The first-order chi connectivity index (χ1) is 9.99. The van der Waals surface area contributed by atoms with Crippen LogP contribution in [-0.4, -0.2) is 16.0 Å². The van der Waals surface area contributed by atoms with E-state index in [4.69, 9.17) is 11.6 Å². The van der Waals surface area contributed by atoms with E-state index in [9.17, 15) is 0 Å². The second-order valence-corrected chi connectivity index (χ2v) is 7.15. The third-order valence-electron chi connectivity index (χ3n) is 3.29. The van der Waals surface area contributed by atoms with Crippen LogP contribution in [0.25, 0.3) is 0 Å². The summed E-state index contributed by atoms with van der Waals surface area (Å²) in [4.78, 5) is 11.7. The Bertz CT molecular complexity index is 610. The molecule has 2 heterocycles. The van der Waals surface area contributed by atoms with Gasteiger partial charge in [-0.25, -0.2) is 9.97 Å². The van der Waals surface area contributed by atoms with Crippen molar-refractivity contribution in [2.75, 3.05) is 5.32 Å². The van der Waals surface area contributed by atoms with E-state index < -0.39 is 0 Å². The molecule has 0 fully saturated rings. The molecule has 0 saturated carbocycles. The van der Waals surface area contributed by atoms with Crippen LogP contribution in [0, 0.1) is 13.8 Å². The minimum atomic E-state index is 0.308. The number of nitrogens with one attached hydrogen (secondary N) is 1. The topological polar surface area (TPSA) is 37.8 Å². The van der Waals surface area contributed by atoms with Crippen molar-refractivity contribution in [1.82, 2.24) is 9.97 Å². The van der Waals surface area contributed by atoms with Gasteiger partial charge in [-0.15, -0.1) is 11.3 Å². The second kappa shape index (κ2) is 7.23. The van der Waals surface area contributed by atoms with Crippen molar-refractivity contribution in [3.8, 4) is 0 Å². The summed E-state index contributed by atoms with van der Waals surface area (Å²) in [5, 5.41) is 4.03. The van der Waals surface area contributed by atoms with Crippen molar-refractivity contribution in [1.29, 1.82) is 0 Å². The Morgan fingerprint density at radius 1 is 1.29 bits per heavy atom. The minimum Gasteiger partial charge on any atom is -0.367 e. The molecular weight excluding hydrogens is 302 g/mol. The number of aromatic nitrogens is 2. The zero-order chi connectivity index (χ0) is 15.4. The monoisotopic (exact) mass is 323 g/mol. The molecule has 0 bridgehead atoms. The average molecular weight is 324 g/mol. The van der Waals surface area contributed by atoms with Gasteiger partial charge in [0.15, 0.2) is 0 Å². The molecule has 0 aliphatic rings. The molecule has 1 N–H and O–H groups in total. The van der Waals surface area contributed by atoms with Crippen LogP contribution in [0.1, 0.15) is 41.4 Å². The summed E-state index contributed by atoms with van der Waals surface area (Å²) in [6, 6.07) is 4.67. The molecule has 1 atom stereocenters. The van der Waals surface area contributed by atoms with E-state index in [-0.39, 0.29) is 0 Å². The number of halogens is 1. The fourth-order valence-corrected chi connectivity index (χ4v) is 3.40. The quantitative estimate of drug-likeness (QED) is 0.776. The fraction of sp³-hybridized carbons (Fsp3) is 0.500. The second-order valence-electron chi connectivity index (χ2n) is 5.42. The lowest BCUT2D eigenvalue weighted by Gasteiger charge is -2.16. The lowest BCUT2D eigenvalue weighted by atomic mass is 10.2. The molecule has 0 spiro atoms. The van der Waals surface area contributed by atoms with E-state index >= 15 is 0 Å². The van der Waals surface area contributed by atoms with Crippen molar-refractivity contribution in [3.05, 3.63) is 38.4 Å². The molecule has 0 aliphatic carbocycles. The third-order valence-corrected chi connectivity index (χ3v) is 4.68. The number of hydrogen-bond acceptors (Lipinski definition) is 4. The van der Waals surface area contributed by atoms with Crippen molar-refractivity contribution in [3.63, 3.8) is 0 Å². The van der Waals surface area contributed by atoms with Crippen LogP contribution in [0.3, 0.4) is 0 Å². The van der Waals surface area contributed by atoms with Gasteiger partial charge in [0.2, 0.25) is 0 Å². The molecule has 5 heteroatoms. The molecule has 2 aromatic heterocycles. The first-order valence-electron chi connectivity index (χ1n) is 7.34. The zero-order valence-electron chi connectivity index (χ0n) is 13.0. The standard InChI is InChI=1S/C16H22ClN3S/c1-5-6-14-19-15(17)12(4)16(20-14)18-10(2)9-13-8-7-11(3)21-13/h7-8,10H,5-6,9H2,1-4H3,(H,18,19,20). The highest BCUT2D eigenvalue weighted by Gasteiger charge is 2.12. The van der Waals surface area contributed by atoms with Crippen molar-refractivity contribution < 1.29 is 0 Å². The summed E-state index contributed by atoms with van der Waals surface area (Å²) in [5.41, 5.74) is 0.922. The number of anilines is 1. The van der Waals surface area contributed by atoms with E-state index in [1.807, 2.05) is 18.3 Å². The molecule has 0 amide bonds. The van der Waals surface area contributed by atoms with Crippen LogP contribution >= 0.6 is 22.9 Å². The molecule has 3 nitrogen and oxygen atoms in total. The molecular formula is C16H22ClN3S. The first kappa shape index (κ1) is 16.2. The van der Waals surface area contributed by atoms with Crippen LogP contribution in [0.5, 0.6) is 0 Å². The summed E-state index contributed by atoms with van der Waals surface area (Å²) in [6.07, 6.45) is 2.86.